The van der Waals surface area contributed by atoms with Gasteiger partial charge in [-0.1, -0.05) is 0 Å². The molecule has 1 saturated heterocycles. The van der Waals surface area contributed by atoms with Gasteiger partial charge in [-0.05, 0) is 18.2 Å². The van der Waals surface area contributed by atoms with Crippen LogP contribution in [0.4, 0.5) is 23.7 Å². The fraction of sp³-hybridized carbons (Fsp3) is 0.400. The molecule has 0 unspecified atom stereocenters. The van der Waals surface area contributed by atoms with Crippen molar-refractivity contribution in [2.75, 3.05) is 31.6 Å². The van der Waals surface area contributed by atoms with E-state index in [2.05, 4.69) is 10.2 Å². The fourth-order valence-corrected chi connectivity index (χ4v) is 2.15. The standard InChI is InChI=1S/C15H16F3N3O5/c1-9(22)26-20-13(23)11-8-10(15(16,17)18)2-3-12(11)19-14(24)21-4-6-25-7-5-21/h2-3,8H,4-7H2,1H3,(H,19,24)(H,20,23). The highest BCUT2D eigenvalue weighted by Gasteiger charge is 2.32. The lowest BCUT2D eigenvalue weighted by atomic mass is 10.1. The van der Waals surface area contributed by atoms with Crippen LogP contribution < -0.4 is 10.8 Å². The number of rotatable bonds is 2. The Morgan fingerprint density at radius 3 is 2.42 bits per heavy atom. The number of ether oxygens (including phenoxy) is 1. The van der Waals surface area contributed by atoms with Crippen molar-refractivity contribution in [2.45, 2.75) is 13.1 Å². The third kappa shape index (κ3) is 5.09. The van der Waals surface area contributed by atoms with Crippen LogP contribution in [0.1, 0.15) is 22.8 Å². The number of alkyl halides is 3. The summed E-state index contributed by atoms with van der Waals surface area (Å²) >= 11 is 0. The average molecular weight is 375 g/mol. The van der Waals surface area contributed by atoms with Crippen molar-refractivity contribution in [1.82, 2.24) is 10.4 Å². The lowest BCUT2D eigenvalue weighted by molar-refractivity contribution is -0.146. The molecule has 142 valence electrons. The molecule has 0 radical (unpaired) electrons. The van der Waals surface area contributed by atoms with Gasteiger partial charge in [0.05, 0.1) is 30.0 Å². The van der Waals surface area contributed by atoms with Gasteiger partial charge >= 0.3 is 18.2 Å². The van der Waals surface area contributed by atoms with Crippen LogP contribution in [0.2, 0.25) is 0 Å². The van der Waals surface area contributed by atoms with Crippen molar-refractivity contribution in [3.05, 3.63) is 29.3 Å². The zero-order chi connectivity index (χ0) is 19.3. The van der Waals surface area contributed by atoms with Gasteiger partial charge in [-0.3, -0.25) is 9.59 Å². The van der Waals surface area contributed by atoms with Crippen molar-refractivity contribution < 1.29 is 37.1 Å². The Balaban J connectivity index is 2.26. The molecule has 1 aromatic rings. The molecule has 1 heterocycles. The van der Waals surface area contributed by atoms with E-state index in [-0.39, 0.29) is 5.69 Å². The third-order valence-corrected chi connectivity index (χ3v) is 3.42. The van der Waals surface area contributed by atoms with Gasteiger partial charge in [0.2, 0.25) is 0 Å². The monoisotopic (exact) mass is 375 g/mol. The SMILES string of the molecule is CC(=O)ONC(=O)c1cc(C(F)(F)F)ccc1NC(=O)N1CCOCC1. The Bertz CT molecular complexity index is 702. The number of halogens is 3. The van der Waals surface area contributed by atoms with Crippen LogP contribution in [-0.2, 0) is 20.5 Å². The molecule has 0 aromatic heterocycles. The van der Waals surface area contributed by atoms with E-state index >= 15 is 0 Å². The molecule has 1 fully saturated rings. The highest BCUT2D eigenvalue weighted by molar-refractivity contribution is 6.03. The molecule has 1 aromatic carbocycles. The van der Waals surface area contributed by atoms with E-state index in [1.807, 2.05) is 0 Å². The number of hydrogen-bond acceptors (Lipinski definition) is 5. The minimum atomic E-state index is -4.69. The van der Waals surface area contributed by atoms with E-state index in [0.29, 0.717) is 32.4 Å². The van der Waals surface area contributed by atoms with Gasteiger partial charge in [0.1, 0.15) is 0 Å². The van der Waals surface area contributed by atoms with E-state index in [1.165, 1.54) is 4.90 Å². The number of anilines is 1. The summed E-state index contributed by atoms with van der Waals surface area (Å²) in [6.45, 7) is 2.29. The quantitative estimate of drug-likeness (QED) is 0.768. The lowest BCUT2D eigenvalue weighted by Gasteiger charge is -2.27. The predicted octanol–water partition coefficient (Wildman–Crippen LogP) is 1.78. The number of carbonyl (C=O) groups excluding carboxylic acids is 3. The molecule has 11 heteroatoms. The first-order chi connectivity index (χ1) is 12.2. The van der Waals surface area contributed by atoms with E-state index in [9.17, 15) is 27.6 Å². The normalized spacial score (nSPS) is 14.5. The molecule has 1 aliphatic rings. The number of amides is 3. The van der Waals surface area contributed by atoms with Crippen LogP contribution in [0.3, 0.4) is 0 Å². The second-order valence-electron chi connectivity index (χ2n) is 5.31. The highest BCUT2D eigenvalue weighted by atomic mass is 19.4. The number of morpholine rings is 1. The summed E-state index contributed by atoms with van der Waals surface area (Å²) in [6, 6.07) is 1.67. The second-order valence-corrected chi connectivity index (χ2v) is 5.31. The number of hydrogen-bond donors (Lipinski definition) is 2. The average Bonchev–Trinajstić information content (AvgIpc) is 2.59. The van der Waals surface area contributed by atoms with Crippen molar-refractivity contribution >= 4 is 23.6 Å². The summed E-state index contributed by atoms with van der Waals surface area (Å²) in [4.78, 5) is 40.7. The van der Waals surface area contributed by atoms with Crippen molar-refractivity contribution in [2.24, 2.45) is 0 Å². The number of nitrogens with one attached hydrogen (secondary N) is 2. The highest BCUT2D eigenvalue weighted by Crippen LogP contribution is 2.32. The second kappa shape index (κ2) is 8.04. The molecule has 2 rings (SSSR count). The Kier molecular flexibility index (Phi) is 6.03. The minimum absolute atomic E-state index is 0.154. The summed E-state index contributed by atoms with van der Waals surface area (Å²) < 4.78 is 43.8. The number of hydroxylamine groups is 1. The van der Waals surface area contributed by atoms with E-state index in [0.717, 1.165) is 19.1 Å². The summed E-state index contributed by atoms with van der Waals surface area (Å²) in [5.41, 5.74) is -0.00967. The Morgan fingerprint density at radius 1 is 1.19 bits per heavy atom. The third-order valence-electron chi connectivity index (χ3n) is 3.42. The first-order valence-electron chi connectivity index (χ1n) is 7.51. The first kappa shape index (κ1) is 19.5. The lowest BCUT2D eigenvalue weighted by Crippen LogP contribution is -2.43. The molecule has 0 spiro atoms. The molecular weight excluding hydrogens is 359 g/mol. The maximum atomic E-state index is 12.9. The van der Waals surface area contributed by atoms with Crippen LogP contribution in [0, 0.1) is 0 Å². The van der Waals surface area contributed by atoms with Crippen LogP contribution >= 0.6 is 0 Å². The zero-order valence-electron chi connectivity index (χ0n) is 13.7. The van der Waals surface area contributed by atoms with Gasteiger partial charge in [-0.25, -0.2) is 4.79 Å². The number of nitrogens with zero attached hydrogens (tertiary/aromatic N) is 1. The van der Waals surface area contributed by atoms with Crippen molar-refractivity contribution in [1.29, 1.82) is 0 Å². The van der Waals surface area contributed by atoms with Crippen LogP contribution in [0.15, 0.2) is 18.2 Å². The maximum absolute atomic E-state index is 12.9. The molecule has 0 saturated carbocycles. The topological polar surface area (TPSA) is 97.0 Å². The van der Waals surface area contributed by atoms with Gasteiger partial charge in [-0.15, -0.1) is 0 Å². The molecule has 26 heavy (non-hydrogen) atoms. The molecule has 2 N–H and O–H groups in total. The predicted molar refractivity (Wildman–Crippen MR) is 82.1 cm³/mol. The minimum Gasteiger partial charge on any atom is -0.378 e. The molecule has 0 bridgehead atoms. The van der Waals surface area contributed by atoms with E-state index in [1.54, 1.807) is 5.48 Å². The van der Waals surface area contributed by atoms with E-state index in [4.69, 9.17) is 4.74 Å². The Labute approximate surface area is 146 Å². The molecular formula is C15H16F3N3O5. The molecule has 3 amide bonds. The van der Waals surface area contributed by atoms with Crippen LogP contribution in [0.5, 0.6) is 0 Å². The van der Waals surface area contributed by atoms with Gasteiger partial charge < -0.3 is 19.8 Å². The molecule has 1 aliphatic heterocycles. The zero-order valence-corrected chi connectivity index (χ0v) is 13.7. The Morgan fingerprint density at radius 2 is 1.85 bits per heavy atom. The van der Waals surface area contributed by atoms with Gasteiger partial charge in [0, 0.05) is 20.0 Å². The first-order valence-corrected chi connectivity index (χ1v) is 7.51. The summed E-state index contributed by atoms with van der Waals surface area (Å²) in [5, 5.41) is 2.39. The molecule has 8 nitrogen and oxygen atoms in total. The summed E-state index contributed by atoms with van der Waals surface area (Å²) in [5.74, 6) is -1.96. The number of benzene rings is 1. The summed E-state index contributed by atoms with van der Waals surface area (Å²) in [6.07, 6.45) is -4.69. The van der Waals surface area contributed by atoms with Gasteiger partial charge in [-0.2, -0.15) is 18.7 Å². The molecule has 0 atom stereocenters. The number of urea groups is 1. The van der Waals surface area contributed by atoms with Crippen molar-refractivity contribution in [3.8, 4) is 0 Å². The van der Waals surface area contributed by atoms with Crippen LogP contribution in [-0.4, -0.2) is 49.1 Å². The van der Waals surface area contributed by atoms with Crippen molar-refractivity contribution in [3.63, 3.8) is 0 Å². The van der Waals surface area contributed by atoms with Gasteiger partial charge in [0.25, 0.3) is 5.91 Å². The maximum Gasteiger partial charge on any atom is 0.416 e. The smallest absolute Gasteiger partial charge is 0.378 e. The van der Waals surface area contributed by atoms with Crippen LogP contribution in [0.25, 0.3) is 0 Å². The Hall–Kier alpha value is -2.82. The number of carbonyl (C=O) groups is 3. The van der Waals surface area contributed by atoms with E-state index < -0.39 is 35.2 Å². The summed E-state index contributed by atoms with van der Waals surface area (Å²) in [7, 11) is 0. The fourth-order valence-electron chi connectivity index (χ4n) is 2.15. The largest absolute Gasteiger partial charge is 0.416 e. The molecule has 0 aliphatic carbocycles. The van der Waals surface area contributed by atoms with Gasteiger partial charge in [0.15, 0.2) is 0 Å².